The van der Waals surface area contributed by atoms with E-state index in [1.165, 1.54) is 23.0 Å². The number of aromatic nitrogens is 4. The minimum absolute atomic E-state index is 0.00142. The molecule has 0 bridgehead atoms. The number of alkyl halides is 3. The first kappa shape index (κ1) is 22.1. The molecule has 2 aromatic carbocycles. The average molecular weight is 457 g/mol. The molecule has 2 heterocycles. The van der Waals surface area contributed by atoms with Crippen molar-refractivity contribution in [1.29, 1.82) is 0 Å². The lowest BCUT2D eigenvalue weighted by Gasteiger charge is -2.09. The Kier molecular flexibility index (Phi) is 5.86. The van der Waals surface area contributed by atoms with Gasteiger partial charge in [-0.1, -0.05) is 30.3 Å². The number of carbonyl (C=O) groups is 1. The topological polar surface area (TPSA) is 88.9 Å². The number of amides is 2. The molecule has 0 atom stereocenters. The Hall–Kier alpha value is -4.15. The van der Waals surface area contributed by atoms with E-state index in [2.05, 4.69) is 20.9 Å². The molecular weight excluding hydrogens is 437 g/mol. The summed E-state index contributed by atoms with van der Waals surface area (Å²) in [5.74, 6) is 0.0432. The van der Waals surface area contributed by atoms with E-state index in [-0.39, 0.29) is 11.6 Å². The Labute approximate surface area is 186 Å². The van der Waals surface area contributed by atoms with Gasteiger partial charge >= 0.3 is 18.1 Å². The lowest BCUT2D eigenvalue weighted by Crippen LogP contribution is -2.35. The van der Waals surface area contributed by atoms with Gasteiger partial charge in [-0.15, -0.1) is 0 Å². The van der Waals surface area contributed by atoms with Crippen LogP contribution in [0.3, 0.4) is 0 Å². The van der Waals surface area contributed by atoms with Gasteiger partial charge in [0.25, 0.3) is 6.20 Å². The van der Waals surface area contributed by atoms with Gasteiger partial charge in [0.15, 0.2) is 0 Å². The maximum atomic E-state index is 12.8. The molecule has 2 aromatic heterocycles. The molecule has 2 amide bonds. The van der Waals surface area contributed by atoms with E-state index in [4.69, 9.17) is 4.52 Å². The van der Waals surface area contributed by atoms with E-state index < -0.39 is 17.8 Å². The number of benzene rings is 2. The number of halogens is 3. The van der Waals surface area contributed by atoms with Gasteiger partial charge in [0.2, 0.25) is 11.8 Å². The molecular formula is C22H20F3N6O2+. The lowest BCUT2D eigenvalue weighted by atomic mass is 10.1. The van der Waals surface area contributed by atoms with Crippen LogP contribution < -0.4 is 15.3 Å². The predicted octanol–water partition coefficient (Wildman–Crippen LogP) is 4.38. The van der Waals surface area contributed by atoms with Gasteiger partial charge in [-0.25, -0.2) is 9.78 Å². The molecule has 0 saturated heterocycles. The van der Waals surface area contributed by atoms with Gasteiger partial charge in [0.1, 0.15) is 0 Å². The van der Waals surface area contributed by atoms with Crippen LogP contribution in [0.15, 0.2) is 65.6 Å². The van der Waals surface area contributed by atoms with Crippen molar-refractivity contribution in [3.8, 4) is 11.3 Å². The minimum atomic E-state index is -4.50. The van der Waals surface area contributed by atoms with Crippen LogP contribution in [0, 0.1) is 6.92 Å². The summed E-state index contributed by atoms with van der Waals surface area (Å²) >= 11 is 0. The summed E-state index contributed by atoms with van der Waals surface area (Å²) in [6, 6.07) is 11.5. The number of imidazole rings is 1. The number of nitrogens with one attached hydrogen (secondary N) is 2. The Bertz CT molecular complexity index is 1260. The Morgan fingerprint density at radius 3 is 2.58 bits per heavy atom. The number of aryl methyl sites for hydroxylation is 2. The van der Waals surface area contributed by atoms with E-state index in [9.17, 15) is 18.0 Å². The molecule has 0 aliphatic carbocycles. The predicted molar refractivity (Wildman–Crippen MR) is 113 cm³/mol. The Morgan fingerprint density at radius 1 is 1.15 bits per heavy atom. The van der Waals surface area contributed by atoms with Crippen molar-refractivity contribution >= 4 is 17.6 Å². The summed E-state index contributed by atoms with van der Waals surface area (Å²) in [6.07, 6.45) is -1.26. The smallest absolute Gasteiger partial charge is 0.334 e. The number of hydrogen-bond donors (Lipinski definition) is 2. The van der Waals surface area contributed by atoms with Crippen molar-refractivity contribution in [2.24, 2.45) is 7.05 Å². The first-order valence-corrected chi connectivity index (χ1v) is 9.88. The number of carbonyl (C=O) groups excluding carboxylic acids is 1. The van der Waals surface area contributed by atoms with Crippen molar-refractivity contribution in [1.82, 2.24) is 14.8 Å². The maximum absolute atomic E-state index is 12.8. The zero-order valence-corrected chi connectivity index (χ0v) is 17.7. The molecule has 4 aromatic rings. The van der Waals surface area contributed by atoms with Crippen molar-refractivity contribution in [3.63, 3.8) is 0 Å². The van der Waals surface area contributed by atoms with Crippen LogP contribution in [0.5, 0.6) is 0 Å². The molecule has 0 unspecified atom stereocenters. The van der Waals surface area contributed by atoms with Gasteiger partial charge < -0.3 is 9.88 Å². The Balaban J connectivity index is 1.37. The maximum Gasteiger partial charge on any atom is 0.416 e. The molecule has 170 valence electrons. The van der Waals surface area contributed by atoms with Gasteiger partial charge in [0.05, 0.1) is 23.3 Å². The first-order valence-electron chi connectivity index (χ1n) is 9.88. The second-order valence-corrected chi connectivity index (χ2v) is 7.41. The highest BCUT2D eigenvalue weighted by molar-refractivity contribution is 5.98. The van der Waals surface area contributed by atoms with Crippen molar-refractivity contribution in [2.45, 2.75) is 19.6 Å². The number of urea groups is 1. The molecule has 0 aliphatic heterocycles. The number of anilines is 2. The number of hydrogen-bond acceptors (Lipinski definition) is 4. The number of nitrogens with zero attached hydrogens (tertiary/aromatic N) is 4. The monoisotopic (exact) mass is 457 g/mol. The average Bonchev–Trinajstić information content (AvgIpc) is 3.33. The van der Waals surface area contributed by atoms with Crippen LogP contribution in [0.25, 0.3) is 11.3 Å². The summed E-state index contributed by atoms with van der Waals surface area (Å²) in [6.45, 7) is 2.34. The summed E-state index contributed by atoms with van der Waals surface area (Å²) in [5.41, 5.74) is 3.11. The normalized spacial score (nSPS) is 11.4. The first-order chi connectivity index (χ1) is 15.7. The van der Waals surface area contributed by atoms with Gasteiger partial charge in [-0.2, -0.15) is 13.2 Å². The summed E-state index contributed by atoms with van der Waals surface area (Å²) in [5, 5.41) is 8.60. The molecule has 8 nitrogen and oxygen atoms in total. The lowest BCUT2D eigenvalue weighted by molar-refractivity contribution is -0.754. The van der Waals surface area contributed by atoms with Crippen molar-refractivity contribution in [2.75, 3.05) is 10.6 Å². The van der Waals surface area contributed by atoms with E-state index in [0.717, 1.165) is 34.6 Å². The van der Waals surface area contributed by atoms with Crippen LogP contribution in [0.4, 0.5) is 29.5 Å². The third-order valence-electron chi connectivity index (χ3n) is 4.89. The van der Waals surface area contributed by atoms with Crippen LogP contribution >= 0.6 is 0 Å². The summed E-state index contributed by atoms with van der Waals surface area (Å²) < 4.78 is 46.9. The SMILES string of the molecule is Cc1ncn(C)c1-c1ccc(C[n+]2cc(NC(=O)Nc3cccc(C(F)(F)F)c3)on2)cc1. The fourth-order valence-electron chi connectivity index (χ4n) is 3.37. The summed E-state index contributed by atoms with van der Waals surface area (Å²) in [4.78, 5) is 16.4. The Morgan fingerprint density at radius 2 is 1.91 bits per heavy atom. The fraction of sp³-hybridized carbons (Fsp3) is 0.182. The molecule has 0 aliphatic rings. The van der Waals surface area contributed by atoms with Gasteiger partial charge in [-0.3, -0.25) is 9.84 Å². The minimum Gasteiger partial charge on any atom is -0.334 e. The fourth-order valence-corrected chi connectivity index (χ4v) is 3.37. The second-order valence-electron chi connectivity index (χ2n) is 7.41. The molecule has 0 spiro atoms. The van der Waals surface area contributed by atoms with E-state index >= 15 is 0 Å². The molecule has 0 radical (unpaired) electrons. The zero-order valence-electron chi connectivity index (χ0n) is 17.7. The highest BCUT2D eigenvalue weighted by atomic mass is 19.4. The largest absolute Gasteiger partial charge is 0.416 e. The standard InChI is InChI=1S/C22H19F3N6O2/c1-14-20(30(2)13-26-14)16-8-6-15(7-9-16)11-31-12-19(33-29-31)28-21(32)27-18-5-3-4-17(10-18)22(23,24)25/h3-10,12-13H,11H2,1-2H3,(H-,27,28,29,32)/p+1. The molecule has 0 fully saturated rings. The van der Waals surface area contributed by atoms with Crippen LogP contribution in [0.2, 0.25) is 0 Å². The third kappa shape index (κ3) is 5.20. The van der Waals surface area contributed by atoms with Gasteiger partial charge in [0, 0.05) is 23.9 Å². The quantitative estimate of drug-likeness (QED) is 0.436. The summed E-state index contributed by atoms with van der Waals surface area (Å²) in [7, 11) is 1.94. The second kappa shape index (κ2) is 8.77. The zero-order chi connectivity index (χ0) is 23.6. The highest BCUT2D eigenvalue weighted by Crippen LogP contribution is 2.30. The third-order valence-corrected chi connectivity index (χ3v) is 4.89. The van der Waals surface area contributed by atoms with Crippen molar-refractivity contribution < 1.29 is 27.2 Å². The van der Waals surface area contributed by atoms with Crippen LogP contribution in [-0.4, -0.2) is 20.9 Å². The molecule has 0 saturated carbocycles. The molecule has 2 N–H and O–H groups in total. The van der Waals surface area contributed by atoms with E-state index in [1.54, 1.807) is 6.33 Å². The molecule has 4 rings (SSSR count). The van der Waals surface area contributed by atoms with Crippen molar-refractivity contribution in [3.05, 3.63) is 77.9 Å². The van der Waals surface area contributed by atoms with Crippen LogP contribution in [-0.2, 0) is 19.8 Å². The van der Waals surface area contributed by atoms with Crippen LogP contribution in [0.1, 0.15) is 16.8 Å². The number of rotatable bonds is 5. The van der Waals surface area contributed by atoms with E-state index in [0.29, 0.717) is 6.54 Å². The highest BCUT2D eigenvalue weighted by Gasteiger charge is 2.30. The van der Waals surface area contributed by atoms with Gasteiger partial charge in [-0.05, 0) is 29.8 Å². The molecule has 11 heteroatoms. The molecule has 33 heavy (non-hydrogen) atoms. The van der Waals surface area contributed by atoms with E-state index in [1.807, 2.05) is 42.8 Å².